The topological polar surface area (TPSA) is 22.9 Å². The lowest BCUT2D eigenvalue weighted by molar-refractivity contribution is 0.188. The van der Waals surface area contributed by atoms with Crippen LogP contribution in [0.5, 0.6) is 0 Å². The molecule has 4 nitrogen and oxygen atoms in total. The van der Waals surface area contributed by atoms with E-state index in [1.54, 1.807) is 6.07 Å². The fraction of sp³-hybridized carbons (Fsp3) is 0.367. The quantitative estimate of drug-likeness (QED) is 0.155. The van der Waals surface area contributed by atoms with Crippen LogP contribution in [0.25, 0.3) is 22.1 Å². The standard InChI is InChI=1S/C79H84BN3O/c1-49-23-21-22-28-62(49)81(52-26-19-16-20-27-52)54-43-65-70-66(44-54)83(63-34-33-56-69(68(63)50-24-17-15-18-25-50)77(11,12)38-37-74(56,5)6)64-47-58-57(75(7,8)35-36-76(58,9)10)46-61(64)80(70)72-71(82(65)53-31-29-51(30-32-53)73(2,3)4)55-45-59-60(48-67(55)84-72)79(14)41-39-78(59,13)40-42-79/h15-34,43-48H,35-42H2,1-14H3/i1D3. The number of fused-ring (bicyclic) bond motifs is 10. The van der Waals surface area contributed by atoms with Crippen molar-refractivity contribution in [1.82, 2.24) is 0 Å². The highest BCUT2D eigenvalue weighted by molar-refractivity contribution is 7.00. The minimum Gasteiger partial charge on any atom is -0.468 e. The summed E-state index contributed by atoms with van der Waals surface area (Å²) in [6.07, 6.45) is 9.03. The van der Waals surface area contributed by atoms with Crippen LogP contribution in [0.15, 0.2) is 162 Å². The summed E-state index contributed by atoms with van der Waals surface area (Å²) in [5, 5.41) is 1.14. The van der Waals surface area contributed by atoms with Crippen LogP contribution in [0.3, 0.4) is 0 Å². The first kappa shape index (κ1) is 50.1. The Morgan fingerprint density at radius 1 is 0.500 bits per heavy atom. The molecule has 1 aromatic heterocycles. The van der Waals surface area contributed by atoms with E-state index < -0.39 is 6.85 Å². The highest BCUT2D eigenvalue weighted by atomic mass is 16.3. The van der Waals surface area contributed by atoms with Gasteiger partial charge in [0.2, 0.25) is 0 Å². The van der Waals surface area contributed by atoms with Crippen LogP contribution in [0.4, 0.5) is 51.2 Å². The zero-order valence-corrected chi connectivity index (χ0v) is 52.0. The molecule has 0 unspecified atom stereocenters. The van der Waals surface area contributed by atoms with E-state index in [-0.39, 0.29) is 44.6 Å². The van der Waals surface area contributed by atoms with Crippen molar-refractivity contribution in [2.24, 2.45) is 0 Å². The molecule has 5 aliphatic carbocycles. The smallest absolute Gasteiger partial charge is 0.297 e. The Bertz CT molecular complexity index is 4300. The van der Waals surface area contributed by atoms with Crippen LogP contribution in [-0.2, 0) is 37.9 Å². The number of hydrogen-bond acceptors (Lipinski definition) is 4. The van der Waals surface area contributed by atoms with E-state index in [0.29, 0.717) is 11.3 Å². The van der Waals surface area contributed by atoms with Gasteiger partial charge in [0.05, 0.1) is 22.7 Å². The van der Waals surface area contributed by atoms with E-state index in [1.165, 1.54) is 86.7 Å². The molecule has 0 N–H and O–H groups in total. The molecule has 3 heterocycles. The van der Waals surface area contributed by atoms with Gasteiger partial charge in [-0.25, -0.2) is 0 Å². The maximum atomic E-state index is 9.15. The fourth-order valence-electron chi connectivity index (χ4n) is 16.7. The SMILES string of the molecule is [2H]C([2H])([2H])c1ccccc1N(c1ccccc1)c1cc2c3c(c1)N(c1ccc(C(C)(C)C)cc1)c1c(oc4cc5c(cc14)C1(C)CCC5(C)CC1)B3c1cc3c(cc1N2c1ccc2c(c1-c1ccccc1)C(C)(C)CCC2(C)C)C(C)(C)CCC3(C)C. The summed E-state index contributed by atoms with van der Waals surface area (Å²) in [5.41, 5.74) is 25.4. The molecule has 0 atom stereocenters. The number of benzene rings is 8. The second-order valence-corrected chi connectivity index (χ2v) is 30.6. The van der Waals surface area contributed by atoms with Crippen molar-refractivity contribution < 1.29 is 8.53 Å². The van der Waals surface area contributed by atoms with E-state index in [4.69, 9.17) is 8.53 Å². The summed E-state index contributed by atoms with van der Waals surface area (Å²) in [6, 6.07) is 58.6. The Kier molecular flexibility index (Phi) is 10.7. The average Bonchev–Trinajstić information content (AvgIpc) is 1.68. The Hall–Kier alpha value is -7.24. The molecule has 0 amide bonds. The third-order valence-corrected chi connectivity index (χ3v) is 22.2. The van der Waals surface area contributed by atoms with Gasteiger partial charge in [-0.2, -0.15) is 0 Å². The molecule has 0 spiro atoms. The first-order valence-electron chi connectivity index (χ1n) is 33.0. The third-order valence-electron chi connectivity index (χ3n) is 22.2. The molecule has 9 aromatic rings. The van der Waals surface area contributed by atoms with Crippen molar-refractivity contribution in [1.29, 1.82) is 0 Å². The van der Waals surface area contributed by atoms with E-state index in [0.717, 1.165) is 87.8 Å². The van der Waals surface area contributed by atoms with Crippen molar-refractivity contribution in [2.45, 2.75) is 186 Å². The van der Waals surface area contributed by atoms with E-state index >= 15 is 0 Å². The minimum absolute atomic E-state index is 0.0494. The number of aryl methyl sites for hydroxylation is 1. The van der Waals surface area contributed by atoms with Gasteiger partial charge in [-0.3, -0.25) is 0 Å². The van der Waals surface area contributed by atoms with Crippen molar-refractivity contribution in [3.05, 3.63) is 202 Å². The van der Waals surface area contributed by atoms with E-state index in [1.807, 2.05) is 24.3 Å². The molecule has 0 radical (unpaired) electrons. The Morgan fingerprint density at radius 3 is 1.71 bits per heavy atom. The lowest BCUT2D eigenvalue weighted by atomic mass is 9.35. The average molecular weight is 1110 g/mol. The van der Waals surface area contributed by atoms with Crippen LogP contribution in [0.1, 0.15) is 190 Å². The Morgan fingerprint density at radius 2 is 1.07 bits per heavy atom. The molecule has 0 saturated heterocycles. The van der Waals surface area contributed by atoms with Crippen LogP contribution in [0, 0.1) is 6.85 Å². The number of hydrogen-bond donors (Lipinski definition) is 0. The van der Waals surface area contributed by atoms with Crippen molar-refractivity contribution in [3.8, 4) is 11.1 Å². The van der Waals surface area contributed by atoms with Gasteiger partial charge in [0.25, 0.3) is 6.71 Å². The number of anilines is 9. The number of para-hydroxylation sites is 2. The largest absolute Gasteiger partial charge is 0.468 e. The lowest BCUT2D eigenvalue weighted by Gasteiger charge is -2.52. The second-order valence-electron chi connectivity index (χ2n) is 30.6. The predicted octanol–water partition coefficient (Wildman–Crippen LogP) is 20.1. The summed E-state index contributed by atoms with van der Waals surface area (Å²) in [5.74, 6) is 0. The molecule has 424 valence electrons. The molecule has 84 heavy (non-hydrogen) atoms. The number of nitrogens with zero attached hydrogens (tertiary/aromatic N) is 3. The van der Waals surface area contributed by atoms with E-state index in [9.17, 15) is 0 Å². The summed E-state index contributed by atoms with van der Waals surface area (Å²) >= 11 is 0. The normalized spacial score (nSPS) is 22.4. The highest BCUT2D eigenvalue weighted by Gasteiger charge is 2.53. The van der Waals surface area contributed by atoms with Gasteiger partial charge in [-0.1, -0.05) is 181 Å². The molecular formula is C79H84BN3O. The van der Waals surface area contributed by atoms with Gasteiger partial charge in [0, 0.05) is 49.2 Å². The second kappa shape index (κ2) is 17.9. The van der Waals surface area contributed by atoms with Gasteiger partial charge < -0.3 is 19.1 Å². The summed E-state index contributed by atoms with van der Waals surface area (Å²) in [7, 11) is 0. The highest BCUT2D eigenvalue weighted by Crippen LogP contribution is 2.60. The zero-order chi connectivity index (χ0) is 60.9. The number of rotatable bonds is 6. The third kappa shape index (κ3) is 7.77. The maximum Gasteiger partial charge on any atom is 0.297 e. The monoisotopic (exact) mass is 1100 g/mol. The van der Waals surface area contributed by atoms with Crippen molar-refractivity contribution in [2.75, 3.05) is 14.7 Å². The van der Waals surface area contributed by atoms with Gasteiger partial charge in [-0.15, -0.1) is 0 Å². The van der Waals surface area contributed by atoms with Crippen molar-refractivity contribution >= 4 is 85.5 Å². The van der Waals surface area contributed by atoms with Gasteiger partial charge in [0.15, 0.2) is 0 Å². The summed E-state index contributed by atoms with van der Waals surface area (Å²) in [4.78, 5) is 7.43. The molecule has 16 rings (SSSR count). The zero-order valence-electron chi connectivity index (χ0n) is 55.0. The Labute approximate surface area is 505 Å². The van der Waals surface area contributed by atoms with Crippen LogP contribution in [-0.4, -0.2) is 6.71 Å². The van der Waals surface area contributed by atoms with Crippen molar-refractivity contribution in [3.63, 3.8) is 0 Å². The molecule has 1 fully saturated rings. The van der Waals surface area contributed by atoms with Gasteiger partial charge in [-0.05, 0) is 224 Å². The minimum atomic E-state index is -2.41. The molecule has 1 saturated carbocycles. The lowest BCUT2D eigenvalue weighted by Crippen LogP contribution is -2.61. The van der Waals surface area contributed by atoms with Crippen LogP contribution < -0.4 is 31.3 Å². The van der Waals surface area contributed by atoms with Crippen LogP contribution in [0.2, 0.25) is 0 Å². The van der Waals surface area contributed by atoms with Gasteiger partial charge >= 0.3 is 0 Å². The van der Waals surface area contributed by atoms with Gasteiger partial charge in [0.1, 0.15) is 5.58 Å². The summed E-state index contributed by atoms with van der Waals surface area (Å²) in [6.45, 7) is 28.8. The summed E-state index contributed by atoms with van der Waals surface area (Å²) < 4.78 is 35.4. The molecular weight excluding hydrogens is 1020 g/mol. The molecule has 5 heteroatoms. The molecule has 7 aliphatic rings. The predicted molar refractivity (Wildman–Crippen MR) is 358 cm³/mol. The maximum absolute atomic E-state index is 9.15. The Balaban J connectivity index is 1.15. The number of furan rings is 1. The molecule has 8 aromatic carbocycles. The van der Waals surface area contributed by atoms with Crippen LogP contribution >= 0.6 is 0 Å². The molecule has 2 bridgehead atoms. The fourth-order valence-corrected chi connectivity index (χ4v) is 16.7. The molecule has 2 aliphatic heterocycles. The first-order valence-corrected chi connectivity index (χ1v) is 31.5. The first-order chi connectivity index (χ1) is 41.1. The van der Waals surface area contributed by atoms with E-state index in [2.05, 4.69) is 232 Å².